The number of aliphatic imine (C=N–C) groups is 1. The second-order valence-electron chi connectivity index (χ2n) is 4.82. The summed E-state index contributed by atoms with van der Waals surface area (Å²) >= 11 is 3.92. The molecule has 0 fully saturated rings. The molecule has 0 atom stereocenters. The number of carbonyl (C=O) groups excluding carboxylic acids is 1. The number of thiol groups is 1. The number of aromatic nitrogens is 1. The number of nitrogens with one attached hydrogen (secondary N) is 2. The third-order valence-electron chi connectivity index (χ3n) is 2.87. The predicted molar refractivity (Wildman–Crippen MR) is 112 cm³/mol. The molecule has 0 radical (unpaired) electrons. The number of amides is 1. The molecule has 9 heteroatoms. The van der Waals surface area contributed by atoms with E-state index in [1.807, 2.05) is 0 Å². The van der Waals surface area contributed by atoms with E-state index in [2.05, 4.69) is 45.8 Å². The highest BCUT2D eigenvalue weighted by Crippen LogP contribution is 2.16. The Morgan fingerprint density at radius 3 is 2.63 bits per heavy atom. The Balaban J connectivity index is 3.11. The summed E-state index contributed by atoms with van der Waals surface area (Å²) < 4.78 is 27.5. The van der Waals surface area contributed by atoms with Crippen molar-refractivity contribution in [2.45, 2.75) is 11.8 Å². The Kier molecular flexibility index (Phi) is 8.97. The van der Waals surface area contributed by atoms with Crippen LogP contribution in [0.5, 0.6) is 0 Å². The first-order chi connectivity index (χ1) is 12.9. The van der Waals surface area contributed by atoms with Crippen molar-refractivity contribution in [3.63, 3.8) is 0 Å². The average Bonchev–Trinajstić information content (AvgIpc) is 2.64. The van der Waals surface area contributed by atoms with Crippen molar-refractivity contribution >= 4 is 40.5 Å². The van der Waals surface area contributed by atoms with Gasteiger partial charge in [-0.25, -0.2) is 8.42 Å². The smallest absolute Gasteiger partial charge is 0.274 e. The summed E-state index contributed by atoms with van der Waals surface area (Å²) in [4.78, 5) is 19.7. The van der Waals surface area contributed by atoms with Gasteiger partial charge in [-0.3, -0.25) is 19.5 Å². The molecule has 1 aromatic heterocycles. The molecule has 2 N–H and O–H groups in total. The summed E-state index contributed by atoms with van der Waals surface area (Å²) in [6, 6.07) is 1.28. The van der Waals surface area contributed by atoms with Gasteiger partial charge in [0, 0.05) is 18.1 Å². The molecule has 0 aliphatic rings. The Morgan fingerprint density at radius 1 is 1.30 bits per heavy atom. The number of allylic oxidation sites excluding steroid dienone is 5. The Bertz CT molecular complexity index is 930. The van der Waals surface area contributed by atoms with Gasteiger partial charge in [-0.1, -0.05) is 31.4 Å². The SMILES string of the molecule is C=C/C=C\C(=C/C=C)NS(=O)(=O)c1cncc(NC(=O)C(=C/S)/N=C\C)c1. The minimum Gasteiger partial charge on any atom is -0.319 e. The second kappa shape index (κ2) is 10.9. The lowest BCUT2D eigenvalue weighted by Gasteiger charge is -2.10. The monoisotopic (exact) mass is 404 g/mol. The largest absolute Gasteiger partial charge is 0.319 e. The maximum atomic E-state index is 12.6. The molecule has 1 amide bonds. The molecule has 1 heterocycles. The predicted octanol–water partition coefficient (Wildman–Crippen LogP) is 2.97. The highest BCUT2D eigenvalue weighted by molar-refractivity contribution is 7.89. The van der Waals surface area contributed by atoms with Gasteiger partial charge >= 0.3 is 0 Å². The van der Waals surface area contributed by atoms with Gasteiger partial charge in [0.1, 0.15) is 10.6 Å². The first kappa shape index (κ1) is 22.1. The molecule has 142 valence electrons. The summed E-state index contributed by atoms with van der Waals surface area (Å²) in [6.45, 7) is 8.73. The molecule has 7 nitrogen and oxygen atoms in total. The average molecular weight is 405 g/mol. The molecule has 0 unspecified atom stereocenters. The molecule has 0 aromatic carbocycles. The fourth-order valence-corrected chi connectivity index (χ4v) is 2.99. The molecule has 0 bridgehead atoms. The highest BCUT2D eigenvalue weighted by atomic mass is 32.2. The van der Waals surface area contributed by atoms with Crippen molar-refractivity contribution in [3.05, 3.63) is 78.8 Å². The molecule has 0 saturated heterocycles. The fraction of sp³-hybridized carbons (Fsp3) is 0.0556. The standard InChI is InChI=1S/C18H20N4O3S2/c1-4-7-9-14(8-5-2)22-27(24,25)16-10-15(11-19-12-16)21-18(23)17(13-26)20-6-3/h4-13,22,26H,1-2H2,3H3,(H,21,23)/b9-7-,14-8+,17-13-,20-6-. The zero-order valence-corrected chi connectivity index (χ0v) is 16.4. The van der Waals surface area contributed by atoms with Crippen molar-refractivity contribution in [2.75, 3.05) is 5.32 Å². The van der Waals surface area contributed by atoms with Crippen molar-refractivity contribution in [1.82, 2.24) is 9.71 Å². The second-order valence-corrected chi connectivity index (χ2v) is 6.76. The molecular formula is C18H20N4O3S2. The molecule has 0 saturated carbocycles. The van der Waals surface area contributed by atoms with Gasteiger partial charge < -0.3 is 5.32 Å². The van der Waals surface area contributed by atoms with E-state index in [0.29, 0.717) is 0 Å². The van der Waals surface area contributed by atoms with Crippen LogP contribution in [0.15, 0.2) is 88.7 Å². The lowest BCUT2D eigenvalue weighted by molar-refractivity contribution is -0.112. The minimum absolute atomic E-state index is 0.0676. The van der Waals surface area contributed by atoms with Crippen LogP contribution in [0.4, 0.5) is 5.69 Å². The molecule has 27 heavy (non-hydrogen) atoms. The molecular weight excluding hydrogens is 384 g/mol. The van der Waals surface area contributed by atoms with Gasteiger partial charge in [0.2, 0.25) is 0 Å². The highest BCUT2D eigenvalue weighted by Gasteiger charge is 2.17. The van der Waals surface area contributed by atoms with Crippen molar-refractivity contribution in [3.8, 4) is 0 Å². The number of anilines is 1. The lowest BCUT2D eigenvalue weighted by atomic mass is 10.3. The maximum Gasteiger partial charge on any atom is 0.274 e. The van der Waals surface area contributed by atoms with E-state index in [9.17, 15) is 13.2 Å². The number of sulfonamides is 1. The van der Waals surface area contributed by atoms with Crippen LogP contribution in [-0.4, -0.2) is 25.5 Å². The normalized spacial score (nSPS) is 13.0. The van der Waals surface area contributed by atoms with Crippen molar-refractivity contribution in [2.24, 2.45) is 4.99 Å². The van der Waals surface area contributed by atoms with Crippen LogP contribution in [0.3, 0.4) is 0 Å². The third kappa shape index (κ3) is 7.08. The van der Waals surface area contributed by atoms with Crippen LogP contribution >= 0.6 is 12.6 Å². The number of rotatable bonds is 9. The topological polar surface area (TPSA) is 101 Å². The summed E-state index contributed by atoms with van der Waals surface area (Å²) in [7, 11) is -3.93. The quantitative estimate of drug-likeness (QED) is 0.255. The van der Waals surface area contributed by atoms with Crippen LogP contribution in [0.2, 0.25) is 0 Å². The molecule has 0 aliphatic heterocycles. The zero-order valence-electron chi connectivity index (χ0n) is 14.7. The summed E-state index contributed by atoms with van der Waals surface area (Å²) in [5.74, 6) is -0.548. The van der Waals surface area contributed by atoms with Crippen LogP contribution in [0, 0.1) is 0 Å². The van der Waals surface area contributed by atoms with E-state index >= 15 is 0 Å². The van der Waals surface area contributed by atoms with E-state index in [-0.39, 0.29) is 22.0 Å². The van der Waals surface area contributed by atoms with Crippen LogP contribution in [-0.2, 0) is 14.8 Å². The van der Waals surface area contributed by atoms with Crippen LogP contribution < -0.4 is 10.0 Å². The van der Waals surface area contributed by atoms with E-state index in [4.69, 9.17) is 0 Å². The number of nitrogens with zero attached hydrogens (tertiary/aromatic N) is 2. The number of hydrogen-bond acceptors (Lipinski definition) is 6. The van der Waals surface area contributed by atoms with Gasteiger partial charge in [0.25, 0.3) is 15.9 Å². The Hall–Kier alpha value is -2.91. The number of carbonyl (C=O) groups is 1. The van der Waals surface area contributed by atoms with Gasteiger partial charge in [-0.15, -0.1) is 12.6 Å². The van der Waals surface area contributed by atoms with Crippen LogP contribution in [0.25, 0.3) is 0 Å². The van der Waals surface area contributed by atoms with Gasteiger partial charge in [0.05, 0.1) is 11.9 Å². The first-order valence-electron chi connectivity index (χ1n) is 7.62. The summed E-state index contributed by atoms with van der Waals surface area (Å²) in [5.41, 5.74) is 0.549. The minimum atomic E-state index is -3.93. The Labute approximate surface area is 164 Å². The van der Waals surface area contributed by atoms with Crippen molar-refractivity contribution < 1.29 is 13.2 Å². The third-order valence-corrected chi connectivity index (χ3v) is 4.46. The number of hydrogen-bond donors (Lipinski definition) is 3. The van der Waals surface area contributed by atoms with E-state index in [1.165, 1.54) is 54.4 Å². The number of pyridine rings is 1. The van der Waals surface area contributed by atoms with Crippen molar-refractivity contribution in [1.29, 1.82) is 0 Å². The van der Waals surface area contributed by atoms with Gasteiger partial charge in [-0.05, 0) is 30.6 Å². The van der Waals surface area contributed by atoms with Gasteiger partial charge in [-0.2, -0.15) is 0 Å². The molecule has 0 aliphatic carbocycles. The molecule has 1 aromatic rings. The van der Waals surface area contributed by atoms with Gasteiger partial charge in [0.15, 0.2) is 0 Å². The fourth-order valence-electron chi connectivity index (χ4n) is 1.76. The Morgan fingerprint density at radius 2 is 2.04 bits per heavy atom. The maximum absolute atomic E-state index is 12.6. The summed E-state index contributed by atoms with van der Waals surface area (Å²) in [6.07, 6.45) is 11.5. The van der Waals surface area contributed by atoms with Crippen LogP contribution in [0.1, 0.15) is 6.92 Å². The zero-order chi connectivity index (χ0) is 20.3. The lowest BCUT2D eigenvalue weighted by Crippen LogP contribution is -2.23. The van der Waals surface area contributed by atoms with E-state index in [1.54, 1.807) is 13.0 Å². The first-order valence-corrected chi connectivity index (χ1v) is 9.62. The summed E-state index contributed by atoms with van der Waals surface area (Å²) in [5, 5.41) is 3.76. The molecule has 0 spiro atoms. The molecule has 1 rings (SSSR count). The van der Waals surface area contributed by atoms with E-state index < -0.39 is 15.9 Å². The van der Waals surface area contributed by atoms with E-state index in [0.717, 1.165) is 0 Å².